The van der Waals surface area contributed by atoms with Crippen LogP contribution < -0.4 is 4.72 Å². The lowest BCUT2D eigenvalue weighted by Crippen LogP contribution is -2.13. The van der Waals surface area contributed by atoms with Crippen molar-refractivity contribution in [1.29, 1.82) is 0 Å². The molecule has 3 nitrogen and oxygen atoms in total. The number of rotatable bonds is 4. The van der Waals surface area contributed by atoms with Gasteiger partial charge in [-0.25, -0.2) is 8.42 Å². The molecule has 5 heteroatoms. The largest absolute Gasteiger partial charge is 0.280 e. The Balaban J connectivity index is 2.30. The molecule has 0 aliphatic rings. The van der Waals surface area contributed by atoms with E-state index in [0.717, 1.165) is 22.0 Å². The molecule has 0 bridgehead atoms. The summed E-state index contributed by atoms with van der Waals surface area (Å²) in [5, 5.41) is 0. The van der Waals surface area contributed by atoms with Crippen LogP contribution in [0.2, 0.25) is 0 Å². The van der Waals surface area contributed by atoms with Crippen LogP contribution >= 0.6 is 15.9 Å². The molecule has 0 aliphatic heterocycles. The van der Waals surface area contributed by atoms with E-state index >= 15 is 0 Å². The second-order valence-electron chi connectivity index (χ2n) is 4.58. The fourth-order valence-corrected chi connectivity index (χ4v) is 3.42. The van der Waals surface area contributed by atoms with Crippen molar-refractivity contribution in [3.63, 3.8) is 0 Å². The van der Waals surface area contributed by atoms with Crippen LogP contribution in [0, 0.1) is 6.92 Å². The molecule has 106 valence electrons. The van der Waals surface area contributed by atoms with Crippen LogP contribution in [0.4, 0.5) is 5.69 Å². The van der Waals surface area contributed by atoms with Gasteiger partial charge in [0.2, 0.25) is 0 Å². The van der Waals surface area contributed by atoms with Gasteiger partial charge in [-0.2, -0.15) is 0 Å². The summed E-state index contributed by atoms with van der Waals surface area (Å²) < 4.78 is 28.1. The maximum atomic E-state index is 12.3. The molecule has 0 aliphatic carbocycles. The fraction of sp³-hybridized carbons (Fsp3) is 0.200. The number of hydrogen-bond donors (Lipinski definition) is 1. The third kappa shape index (κ3) is 3.41. The van der Waals surface area contributed by atoms with Gasteiger partial charge in [0, 0.05) is 10.2 Å². The Bertz CT molecular complexity index is 709. The summed E-state index contributed by atoms with van der Waals surface area (Å²) in [6.45, 7) is 3.95. The van der Waals surface area contributed by atoms with Gasteiger partial charge in [0.25, 0.3) is 10.0 Å². The van der Waals surface area contributed by atoms with Gasteiger partial charge < -0.3 is 0 Å². The summed E-state index contributed by atoms with van der Waals surface area (Å²) in [4.78, 5) is 0.268. The average molecular weight is 354 g/mol. The van der Waals surface area contributed by atoms with Gasteiger partial charge in [-0.3, -0.25) is 4.72 Å². The normalized spacial score (nSPS) is 11.3. The lowest BCUT2D eigenvalue weighted by atomic mass is 10.1. The van der Waals surface area contributed by atoms with Gasteiger partial charge >= 0.3 is 0 Å². The van der Waals surface area contributed by atoms with Crippen molar-refractivity contribution in [2.75, 3.05) is 4.72 Å². The number of hydrogen-bond acceptors (Lipinski definition) is 2. The Kier molecular flexibility index (Phi) is 4.50. The van der Waals surface area contributed by atoms with Crippen molar-refractivity contribution in [3.05, 3.63) is 58.1 Å². The first kappa shape index (κ1) is 15.1. The Labute approximate surface area is 128 Å². The van der Waals surface area contributed by atoms with E-state index in [2.05, 4.69) is 20.7 Å². The summed E-state index contributed by atoms with van der Waals surface area (Å²) in [6, 6.07) is 12.2. The van der Waals surface area contributed by atoms with Crippen LogP contribution in [0.1, 0.15) is 18.1 Å². The smallest absolute Gasteiger partial charge is 0.261 e. The summed E-state index contributed by atoms with van der Waals surface area (Å²) in [6.07, 6.45) is 0.834. The Hall–Kier alpha value is -1.33. The van der Waals surface area contributed by atoms with E-state index in [4.69, 9.17) is 0 Å². The van der Waals surface area contributed by atoms with Gasteiger partial charge in [-0.1, -0.05) is 40.5 Å². The molecule has 0 saturated carbocycles. The van der Waals surface area contributed by atoms with E-state index in [0.29, 0.717) is 5.69 Å². The van der Waals surface area contributed by atoms with Crippen LogP contribution in [0.15, 0.2) is 51.8 Å². The quantitative estimate of drug-likeness (QED) is 0.898. The van der Waals surface area contributed by atoms with E-state index in [1.54, 1.807) is 30.3 Å². The maximum absolute atomic E-state index is 12.3. The lowest BCUT2D eigenvalue weighted by molar-refractivity contribution is 0.601. The minimum Gasteiger partial charge on any atom is -0.280 e. The fourth-order valence-electron chi connectivity index (χ4n) is 1.84. The third-order valence-corrected chi connectivity index (χ3v) is 5.18. The molecule has 0 heterocycles. The molecule has 1 N–H and O–H groups in total. The molecule has 0 aromatic heterocycles. The van der Waals surface area contributed by atoms with Crippen molar-refractivity contribution in [2.24, 2.45) is 0 Å². The average Bonchev–Trinajstić information content (AvgIpc) is 2.41. The summed E-state index contributed by atoms with van der Waals surface area (Å²) in [7, 11) is -3.53. The zero-order chi connectivity index (χ0) is 14.8. The monoisotopic (exact) mass is 353 g/mol. The Morgan fingerprint density at radius 1 is 1.10 bits per heavy atom. The molecular weight excluding hydrogens is 338 g/mol. The van der Waals surface area contributed by atoms with Crippen LogP contribution in [-0.4, -0.2) is 8.42 Å². The maximum Gasteiger partial charge on any atom is 0.261 e. The molecule has 0 saturated heterocycles. The second-order valence-corrected chi connectivity index (χ2v) is 7.12. The van der Waals surface area contributed by atoms with Crippen molar-refractivity contribution in [2.45, 2.75) is 25.2 Å². The molecule has 0 fully saturated rings. The first-order chi connectivity index (χ1) is 9.42. The molecule has 20 heavy (non-hydrogen) atoms. The molecule has 2 aromatic rings. The molecule has 0 atom stereocenters. The lowest BCUT2D eigenvalue weighted by Gasteiger charge is -2.10. The van der Waals surface area contributed by atoms with E-state index in [1.807, 2.05) is 26.0 Å². The zero-order valence-electron chi connectivity index (χ0n) is 11.4. The SMILES string of the molecule is CCc1cc(NS(=O)(=O)c2ccc(C)cc2)ccc1Br. The highest BCUT2D eigenvalue weighted by Crippen LogP contribution is 2.23. The highest BCUT2D eigenvalue weighted by molar-refractivity contribution is 9.10. The highest BCUT2D eigenvalue weighted by Gasteiger charge is 2.14. The van der Waals surface area contributed by atoms with Crippen molar-refractivity contribution in [3.8, 4) is 0 Å². The summed E-state index contributed by atoms with van der Waals surface area (Å²) in [5.74, 6) is 0. The van der Waals surface area contributed by atoms with Gasteiger partial charge in [0.05, 0.1) is 4.90 Å². The zero-order valence-corrected chi connectivity index (χ0v) is 13.8. The van der Waals surface area contributed by atoms with Crippen molar-refractivity contribution >= 4 is 31.6 Å². The summed E-state index contributed by atoms with van der Waals surface area (Å²) in [5.41, 5.74) is 2.67. The molecular formula is C15H16BrNO2S. The topological polar surface area (TPSA) is 46.2 Å². The van der Waals surface area contributed by atoms with Gasteiger partial charge in [0.15, 0.2) is 0 Å². The van der Waals surface area contributed by atoms with Gasteiger partial charge in [0.1, 0.15) is 0 Å². The highest BCUT2D eigenvalue weighted by atomic mass is 79.9. The van der Waals surface area contributed by atoms with Crippen LogP contribution in [-0.2, 0) is 16.4 Å². The summed E-state index contributed by atoms with van der Waals surface area (Å²) >= 11 is 3.45. The van der Waals surface area contributed by atoms with E-state index in [-0.39, 0.29) is 4.90 Å². The van der Waals surface area contributed by atoms with Crippen LogP contribution in [0.3, 0.4) is 0 Å². The van der Waals surface area contributed by atoms with E-state index < -0.39 is 10.0 Å². The van der Waals surface area contributed by atoms with Crippen molar-refractivity contribution < 1.29 is 8.42 Å². The molecule has 0 amide bonds. The number of benzene rings is 2. The number of aryl methyl sites for hydroxylation is 2. The second kappa shape index (κ2) is 5.97. The molecule has 0 unspecified atom stereocenters. The third-order valence-electron chi connectivity index (χ3n) is 3.01. The van der Waals surface area contributed by atoms with E-state index in [9.17, 15) is 8.42 Å². The minimum atomic E-state index is -3.53. The molecule has 2 aromatic carbocycles. The Morgan fingerprint density at radius 2 is 1.75 bits per heavy atom. The first-order valence-corrected chi connectivity index (χ1v) is 8.58. The standard InChI is InChI=1S/C15H16BrNO2S/c1-3-12-10-13(6-9-15(12)16)17-20(18,19)14-7-4-11(2)5-8-14/h4-10,17H,3H2,1-2H3. The molecule has 0 spiro atoms. The van der Waals surface area contributed by atoms with Gasteiger partial charge in [-0.15, -0.1) is 0 Å². The molecule has 0 radical (unpaired) electrons. The van der Waals surface area contributed by atoms with Crippen molar-refractivity contribution in [1.82, 2.24) is 0 Å². The number of halogens is 1. The number of anilines is 1. The predicted octanol–water partition coefficient (Wildman–Crippen LogP) is 4.12. The Morgan fingerprint density at radius 3 is 2.35 bits per heavy atom. The first-order valence-electron chi connectivity index (χ1n) is 6.30. The predicted molar refractivity (Wildman–Crippen MR) is 85.5 cm³/mol. The van der Waals surface area contributed by atoms with Crippen LogP contribution in [0.5, 0.6) is 0 Å². The van der Waals surface area contributed by atoms with Crippen LogP contribution in [0.25, 0.3) is 0 Å². The number of sulfonamides is 1. The van der Waals surface area contributed by atoms with E-state index in [1.165, 1.54) is 0 Å². The molecule has 2 rings (SSSR count). The van der Waals surface area contributed by atoms with Gasteiger partial charge in [-0.05, 0) is 49.2 Å². The number of nitrogens with one attached hydrogen (secondary N) is 1. The minimum absolute atomic E-state index is 0.268.